The molecule has 0 N–H and O–H groups in total. The lowest BCUT2D eigenvalue weighted by atomic mass is 9.91. The Labute approximate surface area is 90.3 Å². The fraction of sp³-hybridized carbons (Fsp3) is 0.818. The molecular formula is C11H18NO3-. The summed E-state index contributed by atoms with van der Waals surface area (Å²) in [6.45, 7) is 5.76. The van der Waals surface area contributed by atoms with Crippen molar-refractivity contribution in [2.24, 2.45) is 11.8 Å². The summed E-state index contributed by atoms with van der Waals surface area (Å²) >= 11 is 0. The fourth-order valence-corrected chi connectivity index (χ4v) is 2.23. The first kappa shape index (κ1) is 12.0. The van der Waals surface area contributed by atoms with Gasteiger partial charge in [-0.05, 0) is 24.7 Å². The Morgan fingerprint density at radius 3 is 2.20 bits per heavy atom. The highest BCUT2D eigenvalue weighted by atomic mass is 16.4. The van der Waals surface area contributed by atoms with Crippen LogP contribution in [0.5, 0.6) is 0 Å². The predicted octanol–water partition coefficient (Wildman–Crippen LogP) is 0.0210. The zero-order chi connectivity index (χ0) is 11.4. The zero-order valence-corrected chi connectivity index (χ0v) is 9.36. The SMILES string of the molecule is C[C@@H]1C[C@@H](C)CN(C(=O)CCC(=O)[O-])C1. The average Bonchev–Trinajstić information content (AvgIpc) is 2.12. The van der Waals surface area contributed by atoms with Crippen molar-refractivity contribution in [3.8, 4) is 0 Å². The van der Waals surface area contributed by atoms with Crippen molar-refractivity contribution in [3.63, 3.8) is 0 Å². The van der Waals surface area contributed by atoms with Gasteiger partial charge >= 0.3 is 0 Å². The van der Waals surface area contributed by atoms with Gasteiger partial charge in [0.05, 0.1) is 0 Å². The highest BCUT2D eigenvalue weighted by molar-refractivity contribution is 5.80. The van der Waals surface area contributed by atoms with Gasteiger partial charge in [0, 0.05) is 25.5 Å². The minimum Gasteiger partial charge on any atom is -0.550 e. The van der Waals surface area contributed by atoms with Crippen LogP contribution in [0.25, 0.3) is 0 Å². The minimum absolute atomic E-state index is 0.0578. The molecule has 0 bridgehead atoms. The number of hydrogen-bond donors (Lipinski definition) is 0. The molecule has 1 amide bonds. The molecule has 1 heterocycles. The molecule has 86 valence electrons. The number of likely N-dealkylation sites (tertiary alicyclic amines) is 1. The van der Waals surface area contributed by atoms with E-state index in [9.17, 15) is 14.7 Å². The number of carbonyl (C=O) groups is 2. The molecule has 0 unspecified atom stereocenters. The zero-order valence-electron chi connectivity index (χ0n) is 9.36. The maximum atomic E-state index is 11.6. The lowest BCUT2D eigenvalue weighted by Gasteiger charge is -2.35. The third kappa shape index (κ3) is 3.90. The molecule has 1 rings (SSSR count). The normalized spacial score (nSPS) is 26.4. The maximum Gasteiger partial charge on any atom is 0.222 e. The molecule has 1 aliphatic heterocycles. The molecule has 0 aromatic heterocycles. The molecule has 15 heavy (non-hydrogen) atoms. The van der Waals surface area contributed by atoms with Gasteiger partial charge in [-0.25, -0.2) is 0 Å². The Balaban J connectivity index is 2.41. The molecule has 0 radical (unpaired) electrons. The van der Waals surface area contributed by atoms with Crippen molar-refractivity contribution in [2.45, 2.75) is 33.1 Å². The topological polar surface area (TPSA) is 60.4 Å². The van der Waals surface area contributed by atoms with E-state index < -0.39 is 5.97 Å². The van der Waals surface area contributed by atoms with Gasteiger partial charge in [-0.15, -0.1) is 0 Å². The molecule has 0 aromatic carbocycles. The summed E-state index contributed by atoms with van der Waals surface area (Å²) in [5.41, 5.74) is 0. The molecule has 1 aliphatic rings. The van der Waals surface area contributed by atoms with E-state index in [0.29, 0.717) is 11.8 Å². The number of amides is 1. The third-order valence-corrected chi connectivity index (χ3v) is 2.76. The van der Waals surface area contributed by atoms with Crippen molar-refractivity contribution in [1.82, 2.24) is 4.90 Å². The van der Waals surface area contributed by atoms with Crippen molar-refractivity contribution in [2.75, 3.05) is 13.1 Å². The van der Waals surface area contributed by atoms with E-state index in [-0.39, 0.29) is 18.7 Å². The van der Waals surface area contributed by atoms with Gasteiger partial charge in [-0.2, -0.15) is 0 Å². The Morgan fingerprint density at radius 2 is 1.73 bits per heavy atom. The van der Waals surface area contributed by atoms with Crippen molar-refractivity contribution in [3.05, 3.63) is 0 Å². The summed E-state index contributed by atoms with van der Waals surface area (Å²) in [6.07, 6.45) is 1.05. The summed E-state index contributed by atoms with van der Waals surface area (Å²) in [7, 11) is 0. The van der Waals surface area contributed by atoms with E-state index in [1.807, 2.05) is 0 Å². The van der Waals surface area contributed by atoms with Gasteiger partial charge < -0.3 is 14.8 Å². The van der Waals surface area contributed by atoms with Crippen LogP contribution in [-0.4, -0.2) is 29.9 Å². The van der Waals surface area contributed by atoms with Crippen molar-refractivity contribution < 1.29 is 14.7 Å². The van der Waals surface area contributed by atoms with E-state index in [2.05, 4.69) is 13.8 Å². The van der Waals surface area contributed by atoms with Crippen molar-refractivity contribution >= 4 is 11.9 Å². The Bertz CT molecular complexity index is 242. The number of nitrogens with zero attached hydrogens (tertiary/aromatic N) is 1. The molecule has 1 saturated heterocycles. The lowest BCUT2D eigenvalue weighted by Crippen LogP contribution is -2.42. The predicted molar refractivity (Wildman–Crippen MR) is 53.8 cm³/mol. The maximum absolute atomic E-state index is 11.6. The van der Waals surface area contributed by atoms with E-state index in [0.717, 1.165) is 19.5 Å². The van der Waals surface area contributed by atoms with Crippen LogP contribution in [0.1, 0.15) is 33.1 Å². The second-order valence-electron chi connectivity index (χ2n) is 4.62. The largest absolute Gasteiger partial charge is 0.550 e. The lowest BCUT2D eigenvalue weighted by molar-refractivity contribution is -0.305. The second kappa shape index (κ2) is 5.14. The number of carbonyl (C=O) groups excluding carboxylic acids is 2. The van der Waals surface area contributed by atoms with E-state index in [4.69, 9.17) is 0 Å². The van der Waals surface area contributed by atoms with Gasteiger partial charge in [-0.1, -0.05) is 13.8 Å². The van der Waals surface area contributed by atoms with Gasteiger partial charge in [0.1, 0.15) is 0 Å². The van der Waals surface area contributed by atoms with Crippen LogP contribution >= 0.6 is 0 Å². The highest BCUT2D eigenvalue weighted by Crippen LogP contribution is 2.21. The second-order valence-corrected chi connectivity index (χ2v) is 4.62. The Kier molecular flexibility index (Phi) is 4.12. The number of carboxylic acid groups (broad SMARTS) is 1. The minimum atomic E-state index is -1.15. The van der Waals surface area contributed by atoms with E-state index in [1.165, 1.54) is 0 Å². The fourth-order valence-electron chi connectivity index (χ4n) is 2.23. The molecule has 0 aromatic rings. The monoisotopic (exact) mass is 212 g/mol. The first-order valence-corrected chi connectivity index (χ1v) is 5.46. The van der Waals surface area contributed by atoms with Crippen LogP contribution < -0.4 is 5.11 Å². The van der Waals surface area contributed by atoms with Crippen LogP contribution in [0, 0.1) is 11.8 Å². The number of piperidine rings is 1. The summed E-state index contributed by atoms with van der Waals surface area (Å²) in [6, 6.07) is 0. The van der Waals surface area contributed by atoms with E-state index >= 15 is 0 Å². The van der Waals surface area contributed by atoms with E-state index in [1.54, 1.807) is 4.90 Å². The Morgan fingerprint density at radius 1 is 1.20 bits per heavy atom. The van der Waals surface area contributed by atoms with Crippen LogP contribution in [-0.2, 0) is 9.59 Å². The average molecular weight is 212 g/mol. The molecule has 4 heteroatoms. The molecule has 2 atom stereocenters. The van der Waals surface area contributed by atoms with Crippen LogP contribution in [0.15, 0.2) is 0 Å². The smallest absolute Gasteiger partial charge is 0.222 e. The molecule has 0 aliphatic carbocycles. The van der Waals surface area contributed by atoms with Gasteiger partial charge in [0.15, 0.2) is 0 Å². The summed E-state index contributed by atoms with van der Waals surface area (Å²) in [5, 5.41) is 10.2. The summed E-state index contributed by atoms with van der Waals surface area (Å²) < 4.78 is 0. The van der Waals surface area contributed by atoms with Gasteiger partial charge in [0.25, 0.3) is 0 Å². The molecular weight excluding hydrogens is 194 g/mol. The number of hydrogen-bond acceptors (Lipinski definition) is 3. The molecule has 1 fully saturated rings. The summed E-state index contributed by atoms with van der Waals surface area (Å²) in [5.74, 6) is -0.180. The number of rotatable bonds is 3. The standard InChI is InChI=1S/C11H19NO3/c1-8-5-9(2)7-12(6-8)10(13)3-4-11(14)15/h8-9H,3-7H2,1-2H3,(H,14,15)/p-1/t8-,9-/m1/s1. The van der Waals surface area contributed by atoms with Crippen LogP contribution in [0.3, 0.4) is 0 Å². The number of aliphatic carboxylic acids is 1. The van der Waals surface area contributed by atoms with Crippen LogP contribution in [0.2, 0.25) is 0 Å². The molecule has 0 spiro atoms. The van der Waals surface area contributed by atoms with Gasteiger partial charge in [-0.3, -0.25) is 4.79 Å². The molecule has 4 nitrogen and oxygen atoms in total. The van der Waals surface area contributed by atoms with Gasteiger partial charge in [0.2, 0.25) is 5.91 Å². The van der Waals surface area contributed by atoms with Crippen molar-refractivity contribution in [1.29, 1.82) is 0 Å². The first-order valence-electron chi connectivity index (χ1n) is 5.46. The third-order valence-electron chi connectivity index (χ3n) is 2.76. The first-order chi connectivity index (χ1) is 6.99. The quantitative estimate of drug-likeness (QED) is 0.662. The number of carboxylic acids is 1. The molecule has 0 saturated carbocycles. The van der Waals surface area contributed by atoms with Crippen LogP contribution in [0.4, 0.5) is 0 Å². The highest BCUT2D eigenvalue weighted by Gasteiger charge is 2.24. The summed E-state index contributed by atoms with van der Waals surface area (Å²) in [4.78, 5) is 23.6. The Hall–Kier alpha value is -1.06.